The van der Waals surface area contributed by atoms with Crippen molar-refractivity contribution in [3.63, 3.8) is 0 Å². The summed E-state index contributed by atoms with van der Waals surface area (Å²) >= 11 is 0. The van der Waals surface area contributed by atoms with Gasteiger partial charge < -0.3 is 18.8 Å². The van der Waals surface area contributed by atoms with E-state index >= 15 is 0 Å². The summed E-state index contributed by atoms with van der Waals surface area (Å²) in [5.41, 5.74) is -2.05. The van der Waals surface area contributed by atoms with Crippen LogP contribution in [0.2, 0.25) is 0 Å². The molecule has 1 aromatic rings. The van der Waals surface area contributed by atoms with Gasteiger partial charge in [0.05, 0.1) is 24.7 Å². The number of nitrogens with one attached hydrogen (secondary N) is 2. The van der Waals surface area contributed by atoms with Crippen LogP contribution in [0, 0.1) is 20.9 Å². The van der Waals surface area contributed by atoms with Crippen LogP contribution >= 0.6 is 7.67 Å². The molecule has 0 aliphatic carbocycles. The third kappa shape index (κ3) is 11.8. The van der Waals surface area contributed by atoms with Gasteiger partial charge in [0, 0.05) is 12.1 Å². The predicted octanol–water partition coefficient (Wildman–Crippen LogP) is 4.26. The SMILES string of the molecule is C[C@H](NP(=O)(N[C@@](C)(C=O)COCC(C)(C)C)Oc1ccc([N+](=O)[O-])cc1)C(=O)OCC(C)(C)C. The van der Waals surface area contributed by atoms with E-state index in [9.17, 15) is 24.3 Å². The first-order valence-corrected chi connectivity index (χ1v) is 12.8. The fourth-order valence-electron chi connectivity index (χ4n) is 2.58. The second kappa shape index (κ2) is 12.1. The molecule has 0 aliphatic heterocycles. The van der Waals surface area contributed by atoms with Gasteiger partial charge in [0.25, 0.3) is 5.69 Å². The number of carbonyl (C=O) groups excluding carboxylic acids is 2. The van der Waals surface area contributed by atoms with E-state index in [4.69, 9.17) is 14.0 Å². The molecule has 0 aromatic heterocycles. The quantitative estimate of drug-likeness (QED) is 0.128. The van der Waals surface area contributed by atoms with E-state index in [-0.39, 0.29) is 35.5 Å². The molecule has 1 rings (SSSR count). The Hall–Kier alpha value is -2.33. The minimum atomic E-state index is -4.16. The highest BCUT2D eigenvalue weighted by atomic mass is 31.2. The molecule has 0 amide bonds. The van der Waals surface area contributed by atoms with Crippen molar-refractivity contribution in [3.05, 3.63) is 34.4 Å². The van der Waals surface area contributed by atoms with E-state index in [0.717, 1.165) is 0 Å². The number of hydrogen-bond acceptors (Lipinski definition) is 8. The van der Waals surface area contributed by atoms with E-state index in [1.807, 2.05) is 41.5 Å². The minimum Gasteiger partial charge on any atom is -0.464 e. The maximum atomic E-state index is 13.9. The lowest BCUT2D eigenvalue weighted by molar-refractivity contribution is -0.384. The van der Waals surface area contributed by atoms with Crippen LogP contribution in [0.1, 0.15) is 55.4 Å². The van der Waals surface area contributed by atoms with Gasteiger partial charge in [0.15, 0.2) is 0 Å². The van der Waals surface area contributed by atoms with E-state index in [2.05, 4.69) is 10.2 Å². The first-order valence-electron chi connectivity index (χ1n) is 11.2. The normalized spacial score (nSPS) is 16.5. The molecule has 35 heavy (non-hydrogen) atoms. The first kappa shape index (κ1) is 30.7. The second-order valence-electron chi connectivity index (χ2n) is 11.1. The molecular formula is C23H38N3O8P. The Morgan fingerprint density at radius 3 is 2.06 bits per heavy atom. The van der Waals surface area contributed by atoms with Crippen LogP contribution in [0.3, 0.4) is 0 Å². The molecule has 12 heteroatoms. The number of ether oxygens (including phenoxy) is 2. The van der Waals surface area contributed by atoms with Gasteiger partial charge in [-0.3, -0.25) is 14.9 Å². The summed E-state index contributed by atoms with van der Waals surface area (Å²) < 4.78 is 30.4. The zero-order valence-corrected chi connectivity index (χ0v) is 22.6. The van der Waals surface area contributed by atoms with E-state index in [1.165, 1.54) is 38.1 Å². The zero-order chi connectivity index (χ0) is 27.1. The Labute approximate surface area is 207 Å². The molecule has 0 fully saturated rings. The number of rotatable bonds is 13. The van der Waals surface area contributed by atoms with Gasteiger partial charge in [-0.15, -0.1) is 0 Å². The number of non-ortho nitro benzene ring substituents is 1. The summed E-state index contributed by atoms with van der Waals surface area (Å²) in [7, 11) is -4.16. The number of benzene rings is 1. The predicted molar refractivity (Wildman–Crippen MR) is 132 cm³/mol. The number of nitro groups is 1. The summed E-state index contributed by atoms with van der Waals surface area (Å²) in [6, 6.07) is 3.84. The van der Waals surface area contributed by atoms with Crippen molar-refractivity contribution >= 4 is 25.6 Å². The zero-order valence-electron chi connectivity index (χ0n) is 21.7. The molecule has 11 nitrogen and oxygen atoms in total. The number of nitro benzene ring substituents is 1. The van der Waals surface area contributed by atoms with Gasteiger partial charge in [0.2, 0.25) is 0 Å². The Morgan fingerprint density at radius 2 is 1.60 bits per heavy atom. The number of aldehydes is 1. The van der Waals surface area contributed by atoms with Crippen molar-refractivity contribution in [2.45, 2.75) is 67.0 Å². The van der Waals surface area contributed by atoms with Crippen molar-refractivity contribution < 1.29 is 33.1 Å². The van der Waals surface area contributed by atoms with Gasteiger partial charge >= 0.3 is 13.6 Å². The number of esters is 1. The highest BCUT2D eigenvalue weighted by Gasteiger charge is 2.39. The summed E-state index contributed by atoms with van der Waals surface area (Å²) in [5.74, 6) is -0.635. The average Bonchev–Trinajstić information content (AvgIpc) is 2.70. The molecule has 1 aromatic carbocycles. The lowest BCUT2D eigenvalue weighted by Gasteiger charge is -2.32. The summed E-state index contributed by atoms with van der Waals surface area (Å²) in [5, 5.41) is 16.2. The van der Waals surface area contributed by atoms with Crippen molar-refractivity contribution in [2.75, 3.05) is 19.8 Å². The molecule has 3 atom stereocenters. The highest BCUT2D eigenvalue weighted by molar-refractivity contribution is 7.55. The van der Waals surface area contributed by atoms with Crippen molar-refractivity contribution in [1.29, 1.82) is 0 Å². The van der Waals surface area contributed by atoms with Crippen LogP contribution in [-0.2, 0) is 23.6 Å². The fraction of sp³-hybridized carbons (Fsp3) is 0.652. The monoisotopic (exact) mass is 515 g/mol. The summed E-state index contributed by atoms with van der Waals surface area (Å²) in [6.45, 7) is 14.9. The highest BCUT2D eigenvalue weighted by Crippen LogP contribution is 2.42. The third-order valence-corrected chi connectivity index (χ3v) is 6.25. The van der Waals surface area contributed by atoms with Crippen LogP contribution in [0.15, 0.2) is 24.3 Å². The van der Waals surface area contributed by atoms with Crippen LogP contribution in [0.4, 0.5) is 5.69 Å². The van der Waals surface area contributed by atoms with Gasteiger partial charge in [-0.25, -0.2) is 14.7 Å². The van der Waals surface area contributed by atoms with Gasteiger partial charge in [-0.1, -0.05) is 41.5 Å². The smallest absolute Gasteiger partial charge is 0.392 e. The minimum absolute atomic E-state index is 0.0260. The van der Waals surface area contributed by atoms with Gasteiger partial charge in [0.1, 0.15) is 23.6 Å². The van der Waals surface area contributed by atoms with Crippen molar-refractivity contribution in [1.82, 2.24) is 10.2 Å². The van der Waals surface area contributed by atoms with Crippen LogP contribution in [0.5, 0.6) is 5.75 Å². The Bertz CT molecular complexity index is 924. The Balaban J connectivity index is 3.14. The van der Waals surface area contributed by atoms with Crippen LogP contribution in [0.25, 0.3) is 0 Å². The lowest BCUT2D eigenvalue weighted by Crippen LogP contribution is -2.51. The van der Waals surface area contributed by atoms with E-state index in [1.54, 1.807) is 0 Å². The topological polar surface area (TPSA) is 146 Å². The molecule has 0 saturated heterocycles. The van der Waals surface area contributed by atoms with Gasteiger partial charge in [-0.05, 0) is 36.8 Å². The first-order chi connectivity index (χ1) is 15.9. The van der Waals surface area contributed by atoms with Gasteiger partial charge in [-0.2, -0.15) is 0 Å². The lowest BCUT2D eigenvalue weighted by atomic mass is 9.98. The largest absolute Gasteiger partial charge is 0.464 e. The Kier molecular flexibility index (Phi) is 10.6. The van der Waals surface area contributed by atoms with Crippen LogP contribution in [-0.4, -0.2) is 48.6 Å². The molecule has 0 radical (unpaired) electrons. The molecule has 0 heterocycles. The molecule has 2 N–H and O–H groups in total. The number of hydrogen-bond donors (Lipinski definition) is 2. The average molecular weight is 516 g/mol. The van der Waals surface area contributed by atoms with Crippen LogP contribution < -0.4 is 14.7 Å². The molecule has 198 valence electrons. The maximum Gasteiger partial charge on any atom is 0.392 e. The van der Waals surface area contributed by atoms with E-state index < -0.39 is 30.1 Å². The van der Waals surface area contributed by atoms with E-state index in [0.29, 0.717) is 12.9 Å². The second-order valence-corrected chi connectivity index (χ2v) is 12.9. The standard InChI is InChI=1S/C23H38N3O8P/c1-17(20(28)33-15-22(5,6)7)24-35(31,34-19-11-9-18(10-12-19)26(29)30)25-23(8,13-27)16-32-14-21(2,3)4/h9-13,17H,14-16H2,1-8H3,(H2,24,25,31)/t17-,23-,35?/m0/s1. The molecule has 0 bridgehead atoms. The van der Waals surface area contributed by atoms with Crippen molar-refractivity contribution in [2.24, 2.45) is 10.8 Å². The third-order valence-electron chi connectivity index (χ3n) is 4.25. The Morgan fingerprint density at radius 1 is 1.06 bits per heavy atom. The molecule has 1 unspecified atom stereocenters. The molecule has 0 aliphatic rings. The summed E-state index contributed by atoms with van der Waals surface area (Å²) in [4.78, 5) is 34.8. The fourth-order valence-corrected chi connectivity index (χ4v) is 4.56. The number of nitrogens with zero attached hydrogens (tertiary/aromatic N) is 1. The van der Waals surface area contributed by atoms with Crippen molar-refractivity contribution in [3.8, 4) is 5.75 Å². The molecule has 0 spiro atoms. The summed E-state index contributed by atoms with van der Waals surface area (Å²) in [6.07, 6.45) is 0.547. The number of carbonyl (C=O) groups is 2. The maximum absolute atomic E-state index is 13.9. The molecular weight excluding hydrogens is 477 g/mol. The molecule has 0 saturated carbocycles.